The summed E-state index contributed by atoms with van der Waals surface area (Å²) in [6, 6.07) is 9.40. The van der Waals surface area contributed by atoms with Crippen LogP contribution in [0.25, 0.3) is 0 Å². The molecule has 0 spiro atoms. The van der Waals surface area contributed by atoms with E-state index in [2.05, 4.69) is 32.6 Å². The molecule has 0 radical (unpaired) electrons. The number of hydrogen-bond donors (Lipinski definition) is 0. The summed E-state index contributed by atoms with van der Waals surface area (Å²) in [7, 11) is 1.96. The highest BCUT2D eigenvalue weighted by molar-refractivity contribution is 6.35. The molecule has 3 aliphatic rings. The van der Waals surface area contributed by atoms with Crippen molar-refractivity contribution in [3.8, 4) is 5.75 Å². The third-order valence-corrected chi connectivity index (χ3v) is 8.56. The summed E-state index contributed by atoms with van der Waals surface area (Å²) in [5.41, 5.74) is 3.88. The zero-order chi connectivity index (χ0) is 29.1. The van der Waals surface area contributed by atoms with Crippen LogP contribution in [0, 0.1) is 20.9 Å². The Morgan fingerprint density at radius 3 is 1.95 bits per heavy atom. The number of nitro benzene ring substituents is 1. The first-order valence-electron chi connectivity index (χ1n) is 13.3. The summed E-state index contributed by atoms with van der Waals surface area (Å²) in [6.45, 7) is 8.44. The maximum Gasteiger partial charge on any atom is 0.269 e. The number of Topliss-reactive ketones (excluding diaryl/α,β-unsaturated/α-hetero) is 2. The number of ketones is 2. The summed E-state index contributed by atoms with van der Waals surface area (Å²) >= 11 is 13.2. The molecule has 0 saturated heterocycles. The molecule has 5 rings (SSSR count). The summed E-state index contributed by atoms with van der Waals surface area (Å²) in [6.07, 6.45) is 2.12. The minimum Gasteiger partial charge on any atom is -0.487 e. The van der Waals surface area contributed by atoms with Gasteiger partial charge in [0.1, 0.15) is 12.4 Å². The highest BCUT2D eigenvalue weighted by atomic mass is 35.5. The predicted molar refractivity (Wildman–Crippen MR) is 154 cm³/mol. The number of allylic oxidation sites excluding steroid dienone is 4. The van der Waals surface area contributed by atoms with Gasteiger partial charge in [-0.3, -0.25) is 19.7 Å². The van der Waals surface area contributed by atoms with Crippen LogP contribution in [0.1, 0.15) is 70.4 Å². The maximum absolute atomic E-state index is 13.8. The molecule has 0 fully saturated rings. The summed E-state index contributed by atoms with van der Waals surface area (Å²) < 4.78 is 6.26. The monoisotopic (exact) mass is 582 g/mol. The van der Waals surface area contributed by atoms with Crippen LogP contribution in [0.3, 0.4) is 0 Å². The van der Waals surface area contributed by atoms with Crippen molar-refractivity contribution in [1.82, 2.24) is 4.90 Å². The van der Waals surface area contributed by atoms with Crippen LogP contribution in [0.5, 0.6) is 5.75 Å². The largest absolute Gasteiger partial charge is 0.487 e. The van der Waals surface area contributed by atoms with Crippen molar-refractivity contribution < 1.29 is 19.2 Å². The van der Waals surface area contributed by atoms with Gasteiger partial charge in [-0.1, -0.05) is 50.9 Å². The van der Waals surface area contributed by atoms with E-state index in [9.17, 15) is 19.7 Å². The summed E-state index contributed by atoms with van der Waals surface area (Å²) in [4.78, 5) is 40.4. The molecule has 2 aromatic carbocycles. The predicted octanol–water partition coefficient (Wildman–Crippen LogP) is 7.80. The Hall–Kier alpha value is -3.16. The molecular weight excluding hydrogens is 551 g/mol. The molecule has 40 heavy (non-hydrogen) atoms. The molecular formula is C31H32Cl2N2O5. The fourth-order valence-electron chi connectivity index (χ4n) is 6.29. The second-order valence-corrected chi connectivity index (χ2v) is 13.5. The third-order valence-electron chi connectivity index (χ3n) is 8.06. The molecule has 0 aromatic heterocycles. The highest BCUT2D eigenvalue weighted by Crippen LogP contribution is 2.56. The SMILES string of the molecule is CN1C2=C(C(=O)CC(C)(C)C2)C(c2cc(Cl)cc(Cl)c2OCc2ccc([N+](=O)[O-])cc2)C2=C1CC(C)(C)CC2=O. The van der Waals surface area contributed by atoms with E-state index in [4.69, 9.17) is 27.9 Å². The van der Waals surface area contributed by atoms with Gasteiger partial charge in [0.15, 0.2) is 11.6 Å². The van der Waals surface area contributed by atoms with E-state index in [-0.39, 0.29) is 39.7 Å². The highest BCUT2D eigenvalue weighted by Gasteiger charge is 2.49. The van der Waals surface area contributed by atoms with Crippen molar-refractivity contribution in [2.75, 3.05) is 7.05 Å². The lowest BCUT2D eigenvalue weighted by molar-refractivity contribution is -0.384. The zero-order valence-corrected chi connectivity index (χ0v) is 24.8. The molecule has 7 nitrogen and oxygen atoms in total. The van der Waals surface area contributed by atoms with Gasteiger partial charge >= 0.3 is 0 Å². The number of benzene rings is 2. The van der Waals surface area contributed by atoms with Crippen molar-refractivity contribution in [3.63, 3.8) is 0 Å². The minimum atomic E-state index is -0.656. The lowest BCUT2D eigenvalue weighted by Crippen LogP contribution is -2.43. The standard InChI is InChI=1S/C31H32Cl2N2O5/c1-30(2)12-22-27(24(36)14-30)26(28-23(34(22)5)13-31(3,4)15-25(28)37)20-10-18(32)11-21(33)29(20)40-16-17-6-8-19(9-7-17)35(38)39/h6-11,26H,12-16H2,1-5H3. The van der Waals surface area contributed by atoms with Crippen LogP contribution >= 0.6 is 23.2 Å². The molecule has 1 aliphatic heterocycles. The molecule has 0 saturated carbocycles. The van der Waals surface area contributed by atoms with Crippen LogP contribution in [0.15, 0.2) is 58.9 Å². The topological polar surface area (TPSA) is 89.8 Å². The Morgan fingerprint density at radius 1 is 0.925 bits per heavy atom. The number of non-ortho nitro benzene ring substituents is 1. The molecule has 0 amide bonds. The molecule has 0 N–H and O–H groups in total. The average molecular weight is 584 g/mol. The van der Waals surface area contributed by atoms with Crippen molar-refractivity contribution in [2.45, 2.75) is 65.9 Å². The van der Waals surface area contributed by atoms with E-state index in [0.717, 1.165) is 11.4 Å². The Bertz CT molecular complexity index is 1450. The fourth-order valence-corrected chi connectivity index (χ4v) is 6.86. The second-order valence-electron chi connectivity index (χ2n) is 12.6. The number of nitrogens with zero attached hydrogens (tertiary/aromatic N) is 2. The van der Waals surface area contributed by atoms with Gasteiger partial charge < -0.3 is 9.64 Å². The molecule has 210 valence electrons. The van der Waals surface area contributed by atoms with Crippen LogP contribution in [0.4, 0.5) is 5.69 Å². The Labute approximate surface area is 243 Å². The lowest BCUT2D eigenvalue weighted by Gasteiger charge is -2.48. The van der Waals surface area contributed by atoms with Crippen molar-refractivity contribution in [3.05, 3.63) is 90.2 Å². The van der Waals surface area contributed by atoms with Crippen LogP contribution in [-0.4, -0.2) is 28.4 Å². The van der Waals surface area contributed by atoms with Gasteiger partial charge in [-0.15, -0.1) is 0 Å². The van der Waals surface area contributed by atoms with E-state index < -0.39 is 10.8 Å². The van der Waals surface area contributed by atoms with Gasteiger partial charge in [0.2, 0.25) is 0 Å². The smallest absolute Gasteiger partial charge is 0.269 e. The number of carbonyl (C=O) groups excluding carboxylic acids is 2. The maximum atomic E-state index is 13.8. The van der Waals surface area contributed by atoms with Gasteiger partial charge in [-0.05, 0) is 53.5 Å². The zero-order valence-electron chi connectivity index (χ0n) is 23.3. The van der Waals surface area contributed by atoms with E-state index in [1.807, 2.05) is 7.05 Å². The Morgan fingerprint density at radius 2 is 1.45 bits per heavy atom. The minimum absolute atomic E-state index is 0.00435. The summed E-state index contributed by atoms with van der Waals surface area (Å²) in [5, 5.41) is 11.7. The molecule has 1 heterocycles. The van der Waals surface area contributed by atoms with E-state index in [1.54, 1.807) is 24.3 Å². The number of ether oxygens (including phenoxy) is 1. The van der Waals surface area contributed by atoms with E-state index >= 15 is 0 Å². The molecule has 2 aromatic rings. The van der Waals surface area contributed by atoms with Gasteiger partial charge in [0, 0.05) is 71.1 Å². The van der Waals surface area contributed by atoms with Crippen LogP contribution < -0.4 is 4.74 Å². The first-order chi connectivity index (χ1) is 18.7. The molecule has 9 heteroatoms. The van der Waals surface area contributed by atoms with Gasteiger partial charge in [0.05, 0.1) is 9.95 Å². The third kappa shape index (κ3) is 5.17. The van der Waals surface area contributed by atoms with Crippen molar-refractivity contribution in [2.24, 2.45) is 10.8 Å². The quantitative estimate of drug-likeness (QED) is 0.264. The first kappa shape index (κ1) is 28.4. The average Bonchev–Trinajstić information content (AvgIpc) is 2.83. The molecule has 0 atom stereocenters. The second kappa shape index (κ2) is 10.0. The number of carbonyl (C=O) groups is 2. The number of hydrogen-bond acceptors (Lipinski definition) is 6. The Kier molecular flexibility index (Phi) is 7.12. The molecule has 0 bridgehead atoms. The summed E-state index contributed by atoms with van der Waals surface area (Å²) in [5.74, 6) is -0.307. The van der Waals surface area contributed by atoms with Gasteiger partial charge in [-0.25, -0.2) is 0 Å². The van der Waals surface area contributed by atoms with E-state index in [1.165, 1.54) is 12.1 Å². The van der Waals surface area contributed by atoms with Gasteiger partial charge in [-0.2, -0.15) is 0 Å². The molecule has 0 unspecified atom stereocenters. The van der Waals surface area contributed by atoms with Crippen LogP contribution in [-0.2, 0) is 16.2 Å². The first-order valence-corrected chi connectivity index (χ1v) is 14.0. The lowest BCUT2D eigenvalue weighted by atomic mass is 9.63. The number of rotatable bonds is 5. The normalized spacial score (nSPS) is 20.4. The van der Waals surface area contributed by atoms with Crippen molar-refractivity contribution in [1.29, 1.82) is 0 Å². The fraction of sp³-hybridized carbons (Fsp3) is 0.419. The van der Waals surface area contributed by atoms with Crippen molar-refractivity contribution >= 4 is 40.5 Å². The van der Waals surface area contributed by atoms with Crippen LogP contribution in [0.2, 0.25) is 10.0 Å². The Balaban J connectivity index is 1.66. The molecule has 2 aliphatic carbocycles. The van der Waals surface area contributed by atoms with E-state index in [0.29, 0.717) is 58.7 Å². The number of nitro groups is 1. The number of halogens is 2. The van der Waals surface area contributed by atoms with Gasteiger partial charge in [0.25, 0.3) is 5.69 Å².